The Labute approximate surface area is 156 Å². The number of nitrogens with zero attached hydrogens (tertiary/aromatic N) is 4. The first-order valence-corrected chi connectivity index (χ1v) is 9.05. The summed E-state index contributed by atoms with van der Waals surface area (Å²) in [4.78, 5) is 6.56. The van der Waals surface area contributed by atoms with Gasteiger partial charge in [0.1, 0.15) is 17.1 Å². The molecule has 1 saturated heterocycles. The van der Waals surface area contributed by atoms with E-state index in [1.54, 1.807) is 0 Å². The molecule has 0 bridgehead atoms. The van der Waals surface area contributed by atoms with E-state index in [9.17, 15) is 5.11 Å². The minimum atomic E-state index is -0.00781. The maximum absolute atomic E-state index is 10.2. The molecule has 1 aromatic carbocycles. The van der Waals surface area contributed by atoms with E-state index in [2.05, 4.69) is 32.4 Å². The number of anilines is 1. The zero-order valence-corrected chi connectivity index (χ0v) is 15.2. The third-order valence-electron chi connectivity index (χ3n) is 4.71. The van der Waals surface area contributed by atoms with Gasteiger partial charge in [0.25, 0.3) is 0 Å². The van der Waals surface area contributed by atoms with Crippen molar-refractivity contribution in [3.8, 4) is 17.1 Å². The van der Waals surface area contributed by atoms with Gasteiger partial charge in [-0.3, -0.25) is 0 Å². The van der Waals surface area contributed by atoms with Crippen molar-refractivity contribution in [1.82, 2.24) is 20.1 Å². The molecule has 0 spiro atoms. The number of likely N-dealkylation sites (N-methyl/N-ethyl adjacent to an activating group) is 1. The summed E-state index contributed by atoms with van der Waals surface area (Å²) in [6.07, 6.45) is 3.78. The number of likely N-dealkylation sites (tertiary alicyclic amines) is 1. The van der Waals surface area contributed by atoms with Crippen LogP contribution in [-0.4, -0.2) is 51.4 Å². The zero-order chi connectivity index (χ0) is 18.1. The van der Waals surface area contributed by atoms with Gasteiger partial charge in [-0.25, -0.2) is 4.98 Å². The average molecular weight is 370 g/mol. The van der Waals surface area contributed by atoms with Gasteiger partial charge < -0.3 is 15.3 Å². The number of pyridine rings is 1. The molecule has 1 fully saturated rings. The van der Waals surface area contributed by atoms with Crippen LogP contribution in [0.25, 0.3) is 22.2 Å². The monoisotopic (exact) mass is 369 g/mol. The SMILES string of the molecule is CN1CCCC(Nc2nnc(-c3ncc(Cl)cc3O)c3ccccc23)C1. The maximum Gasteiger partial charge on any atom is 0.156 e. The van der Waals surface area contributed by atoms with Crippen LogP contribution in [-0.2, 0) is 0 Å². The predicted molar refractivity (Wildman–Crippen MR) is 104 cm³/mol. The predicted octanol–water partition coefficient (Wildman–Crippen LogP) is 3.56. The highest BCUT2D eigenvalue weighted by Gasteiger charge is 2.20. The van der Waals surface area contributed by atoms with Gasteiger partial charge in [0, 0.05) is 35.6 Å². The van der Waals surface area contributed by atoms with E-state index in [0.29, 0.717) is 22.5 Å². The van der Waals surface area contributed by atoms with Crippen molar-refractivity contribution in [2.24, 2.45) is 0 Å². The van der Waals surface area contributed by atoms with Crippen molar-refractivity contribution in [2.45, 2.75) is 18.9 Å². The first-order valence-electron chi connectivity index (χ1n) is 8.67. The first-order chi connectivity index (χ1) is 12.6. The lowest BCUT2D eigenvalue weighted by Gasteiger charge is -2.30. The molecular weight excluding hydrogens is 350 g/mol. The standard InChI is InChI=1S/C19H20ClN5O/c1-25-8-4-5-13(11-25)22-19-15-7-3-2-6-14(15)17(23-24-19)18-16(26)9-12(20)10-21-18/h2-3,6-7,9-10,13,26H,4-5,8,11H2,1H3,(H,22,24). The highest BCUT2D eigenvalue weighted by Crippen LogP contribution is 2.34. The number of aromatic nitrogens is 3. The Bertz CT molecular complexity index is 948. The van der Waals surface area contributed by atoms with Crippen molar-refractivity contribution in [3.63, 3.8) is 0 Å². The van der Waals surface area contributed by atoms with Gasteiger partial charge >= 0.3 is 0 Å². The molecule has 1 aliphatic rings. The molecule has 0 aliphatic carbocycles. The number of rotatable bonds is 3. The van der Waals surface area contributed by atoms with Crippen molar-refractivity contribution < 1.29 is 5.11 Å². The number of halogens is 1. The molecule has 4 rings (SSSR count). The Morgan fingerprint density at radius 3 is 2.77 bits per heavy atom. The molecule has 1 atom stereocenters. The van der Waals surface area contributed by atoms with E-state index in [-0.39, 0.29) is 5.75 Å². The number of aromatic hydroxyl groups is 1. The zero-order valence-electron chi connectivity index (χ0n) is 14.5. The Balaban J connectivity index is 1.76. The summed E-state index contributed by atoms with van der Waals surface area (Å²) in [5.74, 6) is 0.754. The fourth-order valence-corrected chi connectivity index (χ4v) is 3.63. The molecule has 134 valence electrons. The van der Waals surface area contributed by atoms with Crippen molar-refractivity contribution in [3.05, 3.63) is 41.6 Å². The quantitative estimate of drug-likeness (QED) is 0.735. The summed E-state index contributed by atoms with van der Waals surface area (Å²) < 4.78 is 0. The second-order valence-corrected chi connectivity index (χ2v) is 7.15. The van der Waals surface area contributed by atoms with E-state index in [0.717, 1.165) is 36.1 Å². The van der Waals surface area contributed by atoms with Crippen molar-refractivity contribution in [1.29, 1.82) is 0 Å². The summed E-state index contributed by atoms with van der Waals surface area (Å²) in [6, 6.07) is 9.70. The molecule has 26 heavy (non-hydrogen) atoms. The molecule has 3 heterocycles. The van der Waals surface area contributed by atoms with Crippen LogP contribution in [0.1, 0.15) is 12.8 Å². The summed E-state index contributed by atoms with van der Waals surface area (Å²) in [5.41, 5.74) is 0.920. The lowest BCUT2D eigenvalue weighted by molar-refractivity contribution is 0.261. The van der Waals surface area contributed by atoms with Crippen LogP contribution in [0.5, 0.6) is 5.75 Å². The maximum atomic E-state index is 10.2. The Kier molecular flexibility index (Phi) is 4.61. The molecule has 7 heteroatoms. The lowest BCUT2D eigenvalue weighted by Crippen LogP contribution is -2.40. The summed E-state index contributed by atoms with van der Waals surface area (Å²) in [5, 5.41) is 24.8. The summed E-state index contributed by atoms with van der Waals surface area (Å²) in [6.45, 7) is 2.11. The van der Waals surface area contributed by atoms with Crippen LogP contribution in [0.15, 0.2) is 36.5 Å². The highest BCUT2D eigenvalue weighted by atomic mass is 35.5. The van der Waals surface area contributed by atoms with E-state index < -0.39 is 0 Å². The fraction of sp³-hybridized carbons (Fsp3) is 0.316. The number of hydrogen-bond donors (Lipinski definition) is 2. The van der Waals surface area contributed by atoms with E-state index in [4.69, 9.17) is 11.6 Å². The van der Waals surface area contributed by atoms with Crippen LogP contribution in [0.2, 0.25) is 5.02 Å². The van der Waals surface area contributed by atoms with Gasteiger partial charge in [0.2, 0.25) is 0 Å². The van der Waals surface area contributed by atoms with Gasteiger partial charge in [-0.2, -0.15) is 0 Å². The van der Waals surface area contributed by atoms with Crippen LogP contribution in [0, 0.1) is 0 Å². The van der Waals surface area contributed by atoms with Crippen LogP contribution in [0.4, 0.5) is 5.82 Å². The van der Waals surface area contributed by atoms with E-state index in [1.165, 1.54) is 18.7 Å². The van der Waals surface area contributed by atoms with Gasteiger partial charge in [-0.15, -0.1) is 10.2 Å². The number of hydrogen-bond acceptors (Lipinski definition) is 6. The number of benzene rings is 1. The van der Waals surface area contributed by atoms with Gasteiger partial charge in [0.05, 0.1) is 5.02 Å². The third kappa shape index (κ3) is 3.30. The molecule has 0 amide bonds. The number of fused-ring (bicyclic) bond motifs is 1. The van der Waals surface area contributed by atoms with Crippen molar-refractivity contribution in [2.75, 3.05) is 25.5 Å². The molecule has 2 N–H and O–H groups in total. The van der Waals surface area contributed by atoms with Crippen LogP contribution < -0.4 is 5.32 Å². The Hall–Kier alpha value is -2.44. The minimum absolute atomic E-state index is 0.00781. The molecule has 0 saturated carbocycles. The topological polar surface area (TPSA) is 74.2 Å². The third-order valence-corrected chi connectivity index (χ3v) is 4.92. The second-order valence-electron chi connectivity index (χ2n) is 6.71. The van der Waals surface area contributed by atoms with E-state index >= 15 is 0 Å². The van der Waals surface area contributed by atoms with Crippen molar-refractivity contribution >= 4 is 28.2 Å². The van der Waals surface area contributed by atoms with Gasteiger partial charge in [0.15, 0.2) is 5.82 Å². The van der Waals surface area contributed by atoms with E-state index in [1.807, 2.05) is 24.3 Å². The average Bonchev–Trinajstić information content (AvgIpc) is 2.63. The molecule has 1 aliphatic heterocycles. The summed E-state index contributed by atoms with van der Waals surface area (Å²) in [7, 11) is 2.13. The van der Waals surface area contributed by atoms with Crippen LogP contribution in [0.3, 0.4) is 0 Å². The highest BCUT2D eigenvalue weighted by molar-refractivity contribution is 6.30. The Morgan fingerprint density at radius 2 is 2.00 bits per heavy atom. The summed E-state index contributed by atoms with van der Waals surface area (Å²) >= 11 is 5.90. The Morgan fingerprint density at radius 1 is 1.19 bits per heavy atom. The molecule has 2 aromatic heterocycles. The van der Waals surface area contributed by atoms with Gasteiger partial charge in [-0.05, 0) is 26.4 Å². The second kappa shape index (κ2) is 7.05. The minimum Gasteiger partial charge on any atom is -0.506 e. The molecule has 1 unspecified atom stereocenters. The number of nitrogens with one attached hydrogen (secondary N) is 1. The first kappa shape index (κ1) is 17.0. The largest absolute Gasteiger partial charge is 0.506 e. The molecule has 0 radical (unpaired) electrons. The normalized spacial score (nSPS) is 18.2. The molecule has 6 nitrogen and oxygen atoms in total. The van der Waals surface area contributed by atoms with Crippen LogP contribution >= 0.6 is 11.6 Å². The smallest absolute Gasteiger partial charge is 0.156 e. The fourth-order valence-electron chi connectivity index (χ4n) is 3.47. The molecular formula is C19H20ClN5O. The number of piperidine rings is 1. The molecule has 3 aromatic rings. The lowest BCUT2D eigenvalue weighted by atomic mass is 10.0. The van der Waals surface area contributed by atoms with Gasteiger partial charge in [-0.1, -0.05) is 35.9 Å².